The highest BCUT2D eigenvalue weighted by atomic mass is 16.4. The molecule has 0 aliphatic heterocycles. The van der Waals surface area contributed by atoms with Crippen LogP contribution in [0.4, 0.5) is 0 Å². The Labute approximate surface area is 184 Å². The van der Waals surface area contributed by atoms with Crippen molar-refractivity contribution < 1.29 is 39.3 Å². The highest BCUT2D eigenvalue weighted by molar-refractivity contribution is 5.93. The van der Waals surface area contributed by atoms with Crippen LogP contribution in [0.1, 0.15) is 31.2 Å². The van der Waals surface area contributed by atoms with Crippen LogP contribution >= 0.6 is 0 Å². The highest BCUT2D eigenvalue weighted by Crippen LogP contribution is 2.11. The number of phenolic OH excluding ortho intramolecular Hbond substituents is 1. The van der Waals surface area contributed by atoms with Gasteiger partial charge in [0.05, 0.1) is 6.04 Å². The van der Waals surface area contributed by atoms with Crippen molar-refractivity contribution in [1.29, 1.82) is 0 Å². The van der Waals surface area contributed by atoms with Crippen LogP contribution in [0.15, 0.2) is 24.3 Å². The van der Waals surface area contributed by atoms with Crippen LogP contribution in [-0.4, -0.2) is 70.2 Å². The Hall–Kier alpha value is -3.67. The molecule has 12 heteroatoms. The molecule has 0 radical (unpaired) electrons. The fourth-order valence-corrected chi connectivity index (χ4v) is 2.78. The van der Waals surface area contributed by atoms with Gasteiger partial charge in [0.2, 0.25) is 17.7 Å². The van der Waals surface area contributed by atoms with Crippen molar-refractivity contribution in [2.75, 3.05) is 7.05 Å². The topological polar surface area (TPSA) is 208 Å². The van der Waals surface area contributed by atoms with E-state index in [9.17, 15) is 29.1 Å². The zero-order valence-electron chi connectivity index (χ0n) is 17.5. The van der Waals surface area contributed by atoms with E-state index in [1.165, 1.54) is 19.2 Å². The summed E-state index contributed by atoms with van der Waals surface area (Å²) in [5.41, 5.74) is 6.55. The van der Waals surface area contributed by atoms with Crippen molar-refractivity contribution in [1.82, 2.24) is 16.0 Å². The fraction of sp³-hybridized carbons (Fsp3) is 0.450. The first kappa shape index (κ1) is 26.4. The second-order valence-corrected chi connectivity index (χ2v) is 7.08. The molecule has 176 valence electrons. The molecule has 12 nitrogen and oxygen atoms in total. The maximum atomic E-state index is 12.7. The van der Waals surface area contributed by atoms with Gasteiger partial charge in [-0.2, -0.15) is 0 Å². The Morgan fingerprint density at radius 2 is 1.31 bits per heavy atom. The standard InChI is InChI=1S/C20H28N4O8/c1-22-19(31)14(6-8-16(26)27)24-20(32)15(7-9-17(28)29)23-18(30)13(21)10-11-2-4-12(25)5-3-11/h2-5,13-15,25H,6-10,21H2,1H3,(H,22,31)(H,23,30)(H,24,32)(H,26,27)(H,28,29). The summed E-state index contributed by atoms with van der Waals surface area (Å²) >= 11 is 0. The van der Waals surface area contributed by atoms with E-state index in [4.69, 9.17) is 15.9 Å². The molecule has 0 saturated carbocycles. The summed E-state index contributed by atoms with van der Waals surface area (Å²) in [6.45, 7) is 0. The van der Waals surface area contributed by atoms with E-state index >= 15 is 0 Å². The zero-order valence-corrected chi connectivity index (χ0v) is 17.5. The van der Waals surface area contributed by atoms with Gasteiger partial charge in [-0.25, -0.2) is 0 Å². The number of carbonyl (C=O) groups is 5. The van der Waals surface area contributed by atoms with Crippen LogP contribution in [0.2, 0.25) is 0 Å². The second kappa shape index (κ2) is 12.9. The molecular formula is C20H28N4O8. The van der Waals surface area contributed by atoms with Crippen molar-refractivity contribution in [3.63, 3.8) is 0 Å². The summed E-state index contributed by atoms with van der Waals surface area (Å²) in [7, 11) is 1.31. The number of carboxylic acid groups (broad SMARTS) is 2. The lowest BCUT2D eigenvalue weighted by atomic mass is 10.0. The Kier molecular flexibility index (Phi) is 10.6. The first-order valence-electron chi connectivity index (χ1n) is 9.82. The third kappa shape index (κ3) is 9.43. The minimum Gasteiger partial charge on any atom is -0.508 e. The van der Waals surface area contributed by atoms with Gasteiger partial charge in [0, 0.05) is 19.9 Å². The number of amides is 3. The maximum Gasteiger partial charge on any atom is 0.303 e. The smallest absolute Gasteiger partial charge is 0.303 e. The van der Waals surface area contributed by atoms with Gasteiger partial charge < -0.3 is 37.0 Å². The molecule has 1 rings (SSSR count). The maximum absolute atomic E-state index is 12.7. The van der Waals surface area contributed by atoms with Gasteiger partial charge in [-0.1, -0.05) is 12.1 Å². The van der Waals surface area contributed by atoms with Crippen LogP contribution in [-0.2, 0) is 30.4 Å². The lowest BCUT2D eigenvalue weighted by molar-refractivity contribution is -0.139. The van der Waals surface area contributed by atoms with E-state index in [0.29, 0.717) is 5.56 Å². The molecule has 0 spiro atoms. The Bertz CT molecular complexity index is 827. The molecule has 0 bridgehead atoms. The lowest BCUT2D eigenvalue weighted by Gasteiger charge is -2.23. The minimum absolute atomic E-state index is 0.0470. The number of nitrogens with one attached hydrogen (secondary N) is 3. The SMILES string of the molecule is CNC(=O)C(CCC(=O)O)NC(=O)C(CCC(=O)O)NC(=O)C(N)Cc1ccc(O)cc1. The number of likely N-dealkylation sites (N-methyl/N-ethyl adjacent to an activating group) is 1. The normalized spacial score (nSPS) is 13.3. The first-order chi connectivity index (χ1) is 15.0. The molecule has 32 heavy (non-hydrogen) atoms. The van der Waals surface area contributed by atoms with E-state index < -0.39 is 54.2 Å². The van der Waals surface area contributed by atoms with E-state index in [1.54, 1.807) is 12.1 Å². The molecule has 0 aromatic heterocycles. The van der Waals surface area contributed by atoms with Crippen molar-refractivity contribution in [3.8, 4) is 5.75 Å². The Balaban J connectivity index is 2.86. The number of rotatable bonds is 13. The van der Waals surface area contributed by atoms with Gasteiger partial charge >= 0.3 is 11.9 Å². The predicted octanol–water partition coefficient (Wildman–Crippen LogP) is -1.29. The van der Waals surface area contributed by atoms with Crippen LogP contribution < -0.4 is 21.7 Å². The van der Waals surface area contributed by atoms with Crippen molar-refractivity contribution in [2.45, 2.75) is 50.2 Å². The molecular weight excluding hydrogens is 424 g/mol. The van der Waals surface area contributed by atoms with E-state index in [0.717, 1.165) is 0 Å². The minimum atomic E-state index is -1.30. The molecule has 0 aliphatic carbocycles. The predicted molar refractivity (Wildman–Crippen MR) is 111 cm³/mol. The van der Waals surface area contributed by atoms with Gasteiger partial charge in [-0.3, -0.25) is 24.0 Å². The van der Waals surface area contributed by atoms with Crippen molar-refractivity contribution >= 4 is 29.7 Å². The average molecular weight is 452 g/mol. The number of benzene rings is 1. The largest absolute Gasteiger partial charge is 0.508 e. The highest BCUT2D eigenvalue weighted by Gasteiger charge is 2.28. The summed E-state index contributed by atoms with van der Waals surface area (Å²) in [6.07, 6.45) is -1.19. The average Bonchev–Trinajstić information content (AvgIpc) is 2.74. The number of nitrogens with two attached hydrogens (primary N) is 1. The number of hydrogen-bond donors (Lipinski definition) is 7. The van der Waals surface area contributed by atoms with Crippen molar-refractivity contribution in [2.24, 2.45) is 5.73 Å². The van der Waals surface area contributed by atoms with Crippen LogP contribution in [0.25, 0.3) is 0 Å². The van der Waals surface area contributed by atoms with E-state index in [1.807, 2.05) is 0 Å². The third-order valence-electron chi connectivity index (χ3n) is 4.53. The monoisotopic (exact) mass is 452 g/mol. The van der Waals surface area contributed by atoms with Gasteiger partial charge in [0.1, 0.15) is 17.8 Å². The van der Waals surface area contributed by atoms with E-state index in [-0.39, 0.29) is 31.4 Å². The number of carboxylic acids is 2. The number of phenols is 1. The second-order valence-electron chi connectivity index (χ2n) is 7.08. The molecule has 3 unspecified atom stereocenters. The van der Waals surface area contributed by atoms with Crippen molar-refractivity contribution in [3.05, 3.63) is 29.8 Å². The summed E-state index contributed by atoms with van der Waals surface area (Å²) in [5, 5.41) is 34.1. The first-order valence-corrected chi connectivity index (χ1v) is 9.82. The zero-order chi connectivity index (χ0) is 24.3. The van der Waals surface area contributed by atoms with Crippen LogP contribution in [0, 0.1) is 0 Å². The third-order valence-corrected chi connectivity index (χ3v) is 4.53. The summed E-state index contributed by atoms with van der Waals surface area (Å²) in [6, 6.07) is 2.46. The summed E-state index contributed by atoms with van der Waals surface area (Å²) in [5.74, 6) is -4.50. The molecule has 8 N–H and O–H groups in total. The Morgan fingerprint density at radius 3 is 1.78 bits per heavy atom. The van der Waals surface area contributed by atoms with Gasteiger partial charge in [0.15, 0.2) is 0 Å². The van der Waals surface area contributed by atoms with Crippen LogP contribution in [0.5, 0.6) is 5.75 Å². The molecule has 0 aliphatic rings. The summed E-state index contributed by atoms with van der Waals surface area (Å²) < 4.78 is 0. The lowest BCUT2D eigenvalue weighted by Crippen LogP contribution is -2.56. The molecule has 3 atom stereocenters. The van der Waals surface area contributed by atoms with Gasteiger partial charge in [0.25, 0.3) is 0 Å². The quantitative estimate of drug-likeness (QED) is 0.189. The Morgan fingerprint density at radius 1 is 0.844 bits per heavy atom. The summed E-state index contributed by atoms with van der Waals surface area (Å²) in [4.78, 5) is 58.9. The van der Waals surface area contributed by atoms with E-state index in [2.05, 4.69) is 16.0 Å². The van der Waals surface area contributed by atoms with Gasteiger partial charge in [-0.15, -0.1) is 0 Å². The molecule has 0 saturated heterocycles. The number of aliphatic carboxylic acids is 2. The fourth-order valence-electron chi connectivity index (χ4n) is 2.78. The molecule has 1 aromatic carbocycles. The number of hydrogen-bond acceptors (Lipinski definition) is 7. The van der Waals surface area contributed by atoms with Gasteiger partial charge in [-0.05, 0) is 37.0 Å². The molecule has 0 heterocycles. The number of aromatic hydroxyl groups is 1. The van der Waals surface area contributed by atoms with Crippen LogP contribution in [0.3, 0.4) is 0 Å². The molecule has 3 amide bonds. The molecule has 1 aromatic rings. The number of carbonyl (C=O) groups excluding carboxylic acids is 3. The molecule has 0 fully saturated rings.